The average molecular weight is 276 g/mol. The Morgan fingerprint density at radius 3 is 2.90 bits per heavy atom. The normalized spacial score (nSPS) is 11.2. The van der Waals surface area contributed by atoms with Crippen LogP contribution in [0.15, 0.2) is 18.2 Å². The van der Waals surface area contributed by atoms with Crippen LogP contribution in [0.2, 0.25) is 0 Å². The highest BCUT2D eigenvalue weighted by Gasteiger charge is 2.13. The number of nitrogens with zero attached hydrogens (tertiary/aromatic N) is 2. The lowest BCUT2D eigenvalue weighted by Gasteiger charge is -2.10. The van der Waals surface area contributed by atoms with Crippen molar-refractivity contribution in [2.75, 3.05) is 12.3 Å². The third-order valence-electron chi connectivity index (χ3n) is 3.00. The van der Waals surface area contributed by atoms with Gasteiger partial charge in [-0.2, -0.15) is 0 Å². The Morgan fingerprint density at radius 2 is 2.25 bits per heavy atom. The summed E-state index contributed by atoms with van der Waals surface area (Å²) in [5, 5.41) is 12.2. The molecule has 1 aromatic heterocycles. The predicted octanol–water partition coefficient (Wildman–Crippen LogP) is 0.883. The number of aliphatic hydroxyl groups is 1. The van der Waals surface area contributed by atoms with E-state index in [1.807, 2.05) is 19.9 Å². The van der Waals surface area contributed by atoms with Crippen molar-refractivity contribution in [3.8, 4) is 0 Å². The second kappa shape index (κ2) is 5.92. The fourth-order valence-corrected chi connectivity index (χ4v) is 2.01. The van der Waals surface area contributed by atoms with Crippen LogP contribution in [-0.2, 0) is 17.9 Å². The molecule has 4 N–H and O–H groups in total. The van der Waals surface area contributed by atoms with Gasteiger partial charge in [0.25, 0.3) is 0 Å². The summed E-state index contributed by atoms with van der Waals surface area (Å²) in [5.74, 6) is 0.769. The van der Waals surface area contributed by atoms with Gasteiger partial charge in [0.05, 0.1) is 11.0 Å². The van der Waals surface area contributed by atoms with Crippen LogP contribution in [0.4, 0.5) is 5.69 Å². The summed E-state index contributed by atoms with van der Waals surface area (Å²) < 4.78 is 1.71. The highest BCUT2D eigenvalue weighted by molar-refractivity contribution is 5.83. The number of nitrogen functional groups attached to an aromatic ring is 1. The largest absolute Gasteiger partial charge is 0.399 e. The van der Waals surface area contributed by atoms with Gasteiger partial charge in [-0.25, -0.2) is 4.98 Å². The van der Waals surface area contributed by atoms with Crippen molar-refractivity contribution < 1.29 is 9.90 Å². The maximum Gasteiger partial charge on any atom is 0.240 e. The minimum atomic E-state index is -0.216. The molecule has 6 heteroatoms. The van der Waals surface area contributed by atoms with Gasteiger partial charge in [-0.15, -0.1) is 0 Å². The molecular formula is C14H20N4O2. The van der Waals surface area contributed by atoms with Crippen LogP contribution in [0.25, 0.3) is 11.0 Å². The van der Waals surface area contributed by atoms with Crippen LogP contribution >= 0.6 is 0 Å². The predicted molar refractivity (Wildman–Crippen MR) is 77.9 cm³/mol. The Labute approximate surface area is 117 Å². The molecule has 0 aliphatic heterocycles. The van der Waals surface area contributed by atoms with Crippen LogP contribution < -0.4 is 11.1 Å². The molecule has 20 heavy (non-hydrogen) atoms. The number of anilines is 1. The quantitative estimate of drug-likeness (QED) is 0.707. The minimum Gasteiger partial charge on any atom is -0.399 e. The van der Waals surface area contributed by atoms with Crippen LogP contribution in [0.1, 0.15) is 19.7 Å². The number of imidazole rings is 1. The lowest BCUT2D eigenvalue weighted by Crippen LogP contribution is -2.31. The molecule has 0 spiro atoms. The highest BCUT2D eigenvalue weighted by atomic mass is 16.3. The van der Waals surface area contributed by atoms with Crippen molar-refractivity contribution in [1.82, 2.24) is 14.9 Å². The van der Waals surface area contributed by atoms with Crippen molar-refractivity contribution in [2.45, 2.75) is 27.0 Å². The number of aliphatic hydroxyl groups excluding tert-OH is 1. The minimum absolute atomic E-state index is 0.0930. The maximum absolute atomic E-state index is 11.9. The summed E-state index contributed by atoms with van der Waals surface area (Å²) >= 11 is 0. The lowest BCUT2D eigenvalue weighted by atomic mass is 10.2. The number of amides is 1. The van der Waals surface area contributed by atoms with Crippen LogP contribution in [0.5, 0.6) is 0 Å². The molecule has 1 heterocycles. The summed E-state index contributed by atoms with van der Waals surface area (Å²) in [6, 6.07) is 5.30. The number of hydrogen-bond acceptors (Lipinski definition) is 4. The van der Waals surface area contributed by atoms with E-state index in [-0.39, 0.29) is 19.1 Å². The van der Waals surface area contributed by atoms with E-state index in [9.17, 15) is 9.90 Å². The molecule has 2 aromatic rings. The Balaban J connectivity index is 2.26. The van der Waals surface area contributed by atoms with Gasteiger partial charge in [-0.05, 0) is 24.1 Å². The van der Waals surface area contributed by atoms with Crippen molar-refractivity contribution in [2.24, 2.45) is 5.92 Å². The fourth-order valence-electron chi connectivity index (χ4n) is 2.01. The monoisotopic (exact) mass is 276 g/mol. The topological polar surface area (TPSA) is 93.2 Å². The number of benzene rings is 1. The van der Waals surface area contributed by atoms with Gasteiger partial charge >= 0.3 is 0 Å². The number of nitrogens with one attached hydrogen (secondary N) is 1. The molecule has 6 nitrogen and oxygen atoms in total. The number of carbonyl (C=O) groups is 1. The van der Waals surface area contributed by atoms with Crippen LogP contribution in [0.3, 0.4) is 0 Å². The van der Waals surface area contributed by atoms with Crippen LogP contribution in [-0.4, -0.2) is 27.1 Å². The Morgan fingerprint density at radius 1 is 1.50 bits per heavy atom. The van der Waals surface area contributed by atoms with Crippen molar-refractivity contribution >= 4 is 22.6 Å². The molecule has 0 aliphatic carbocycles. The van der Waals surface area contributed by atoms with E-state index in [0.29, 0.717) is 29.5 Å². The molecule has 0 saturated carbocycles. The molecule has 108 valence electrons. The lowest BCUT2D eigenvalue weighted by molar-refractivity contribution is -0.121. The first-order valence-electron chi connectivity index (χ1n) is 6.63. The van der Waals surface area contributed by atoms with Crippen molar-refractivity contribution in [1.29, 1.82) is 0 Å². The molecule has 0 aliphatic rings. The SMILES string of the molecule is CC(C)CNC(=O)Cn1c(CO)nc2cc(N)ccc21. The Kier molecular flexibility index (Phi) is 4.24. The van der Waals surface area contributed by atoms with E-state index in [1.54, 1.807) is 16.7 Å². The average Bonchev–Trinajstić information content (AvgIpc) is 2.73. The summed E-state index contributed by atoms with van der Waals surface area (Å²) in [6.07, 6.45) is 0. The third kappa shape index (κ3) is 3.08. The van der Waals surface area contributed by atoms with Crippen molar-refractivity contribution in [3.63, 3.8) is 0 Å². The summed E-state index contributed by atoms with van der Waals surface area (Å²) in [7, 11) is 0. The molecule has 2 rings (SSSR count). The Hall–Kier alpha value is -2.08. The molecule has 0 saturated heterocycles. The van der Waals surface area contributed by atoms with Gasteiger partial charge in [0.2, 0.25) is 5.91 Å². The van der Waals surface area contributed by atoms with Gasteiger partial charge in [-0.3, -0.25) is 4.79 Å². The van der Waals surface area contributed by atoms with Crippen LogP contribution in [0, 0.1) is 5.92 Å². The summed E-state index contributed by atoms with van der Waals surface area (Å²) in [5.41, 5.74) is 7.80. The molecular weight excluding hydrogens is 256 g/mol. The Bertz CT molecular complexity index is 619. The third-order valence-corrected chi connectivity index (χ3v) is 3.00. The number of fused-ring (bicyclic) bond motifs is 1. The van der Waals surface area contributed by atoms with E-state index in [2.05, 4.69) is 10.3 Å². The number of rotatable bonds is 5. The second-order valence-electron chi connectivity index (χ2n) is 5.22. The molecule has 0 atom stereocenters. The smallest absolute Gasteiger partial charge is 0.240 e. The standard InChI is InChI=1S/C14H20N4O2/c1-9(2)6-16-14(20)7-18-12-4-3-10(15)5-11(12)17-13(18)8-19/h3-5,9,19H,6-8,15H2,1-2H3,(H,16,20). The highest BCUT2D eigenvalue weighted by Crippen LogP contribution is 2.19. The summed E-state index contributed by atoms with van der Waals surface area (Å²) in [6.45, 7) is 4.63. The first-order valence-corrected chi connectivity index (χ1v) is 6.63. The van der Waals surface area contributed by atoms with Gasteiger partial charge < -0.3 is 20.7 Å². The fraction of sp³-hybridized carbons (Fsp3) is 0.429. The molecule has 0 bridgehead atoms. The number of hydrogen-bond donors (Lipinski definition) is 3. The number of carbonyl (C=O) groups excluding carboxylic acids is 1. The number of aromatic nitrogens is 2. The summed E-state index contributed by atoms with van der Waals surface area (Å²) in [4.78, 5) is 16.2. The van der Waals surface area contributed by atoms with E-state index in [1.165, 1.54) is 0 Å². The second-order valence-corrected chi connectivity index (χ2v) is 5.22. The molecule has 0 radical (unpaired) electrons. The van der Waals surface area contributed by atoms with Gasteiger partial charge in [0.1, 0.15) is 19.0 Å². The van der Waals surface area contributed by atoms with Gasteiger partial charge in [0.15, 0.2) is 0 Å². The van der Waals surface area contributed by atoms with Gasteiger partial charge in [0, 0.05) is 12.2 Å². The van der Waals surface area contributed by atoms with E-state index < -0.39 is 0 Å². The maximum atomic E-state index is 11.9. The number of nitrogens with two attached hydrogens (primary N) is 1. The first kappa shape index (κ1) is 14.3. The van der Waals surface area contributed by atoms with E-state index in [4.69, 9.17) is 5.73 Å². The zero-order chi connectivity index (χ0) is 14.7. The zero-order valence-corrected chi connectivity index (χ0v) is 11.8. The molecule has 1 aromatic carbocycles. The molecule has 0 fully saturated rings. The van der Waals surface area contributed by atoms with Gasteiger partial charge in [-0.1, -0.05) is 13.8 Å². The van der Waals surface area contributed by atoms with E-state index >= 15 is 0 Å². The van der Waals surface area contributed by atoms with Crippen molar-refractivity contribution in [3.05, 3.63) is 24.0 Å². The van der Waals surface area contributed by atoms with E-state index in [0.717, 1.165) is 5.52 Å². The zero-order valence-electron chi connectivity index (χ0n) is 11.8. The molecule has 1 amide bonds. The molecule has 0 unspecified atom stereocenters. The first-order chi connectivity index (χ1) is 9.51.